The van der Waals surface area contributed by atoms with Crippen molar-refractivity contribution in [1.82, 2.24) is 0 Å². The normalized spacial score (nSPS) is 26.5. The first-order valence-electron chi connectivity index (χ1n) is 14.0. The van der Waals surface area contributed by atoms with Crippen LogP contribution in [0.4, 0.5) is 0 Å². The van der Waals surface area contributed by atoms with Crippen LogP contribution >= 0.6 is 7.60 Å². The topological polar surface area (TPSA) is 46.5 Å². The van der Waals surface area contributed by atoms with Crippen LogP contribution in [0.25, 0.3) is 11.1 Å². The van der Waals surface area contributed by atoms with Crippen LogP contribution in [0.2, 0.25) is 0 Å². The van der Waals surface area contributed by atoms with Crippen molar-refractivity contribution in [3.8, 4) is 16.9 Å². The quantitative estimate of drug-likeness (QED) is 0.449. The van der Waals surface area contributed by atoms with Crippen molar-refractivity contribution in [2.45, 2.75) is 114 Å². The molecule has 1 atom stereocenters. The summed E-state index contributed by atoms with van der Waals surface area (Å²) in [6.07, 6.45) is 18.7. The van der Waals surface area contributed by atoms with E-state index in [1.54, 1.807) is 0 Å². The molecule has 0 saturated heterocycles. The summed E-state index contributed by atoms with van der Waals surface area (Å²) in [4.78, 5) is 11.3. The van der Waals surface area contributed by atoms with E-state index >= 15 is 0 Å². The molecule has 34 heavy (non-hydrogen) atoms. The minimum absolute atomic E-state index is 0.373. The van der Waals surface area contributed by atoms with Crippen molar-refractivity contribution < 1.29 is 14.0 Å². The van der Waals surface area contributed by atoms with E-state index in [2.05, 4.69) is 30.3 Å². The highest BCUT2D eigenvalue weighted by Gasteiger charge is 2.40. The van der Waals surface area contributed by atoms with Crippen LogP contribution in [0.15, 0.2) is 30.3 Å². The van der Waals surface area contributed by atoms with Crippen LogP contribution in [0.5, 0.6) is 5.75 Å². The maximum atomic E-state index is 13.8. The Morgan fingerprint density at radius 2 is 1.21 bits per heavy atom. The van der Waals surface area contributed by atoms with E-state index in [0.717, 1.165) is 29.5 Å². The van der Waals surface area contributed by atoms with E-state index in [4.69, 9.17) is 4.52 Å². The molecule has 1 heterocycles. The lowest BCUT2D eigenvalue weighted by molar-refractivity contribution is 0.389. The predicted octanol–water partition coefficient (Wildman–Crippen LogP) is 8.70. The van der Waals surface area contributed by atoms with Gasteiger partial charge in [-0.25, -0.2) is 4.57 Å². The van der Waals surface area contributed by atoms with E-state index in [1.807, 2.05) is 0 Å². The Kier molecular flexibility index (Phi) is 6.37. The molecule has 0 spiro atoms. The molecule has 4 aliphatic rings. The molecule has 1 N–H and O–H groups in total. The fraction of sp³-hybridized carbons (Fsp3) is 0.600. The third-order valence-electron chi connectivity index (χ3n) is 9.16. The van der Waals surface area contributed by atoms with Gasteiger partial charge in [0.05, 0.1) is 5.30 Å². The SMILES string of the molecule is O=P1(O)Oc2cc(C3CCCCC3)ccc2-c2cc(C3CCCCC3)cc(C3CCCCC3)c21. The molecule has 1 aliphatic heterocycles. The second-order valence-corrected chi connectivity index (χ2v) is 13.0. The largest absolute Gasteiger partial charge is 0.421 e. The molecule has 3 saturated carbocycles. The summed E-state index contributed by atoms with van der Waals surface area (Å²) in [6, 6.07) is 11.1. The van der Waals surface area contributed by atoms with Crippen molar-refractivity contribution >= 4 is 12.9 Å². The van der Waals surface area contributed by atoms with Gasteiger partial charge >= 0.3 is 7.60 Å². The summed E-state index contributed by atoms with van der Waals surface area (Å²) in [5.74, 6) is 2.12. The van der Waals surface area contributed by atoms with Gasteiger partial charge in [-0.3, -0.25) is 0 Å². The zero-order chi connectivity index (χ0) is 23.1. The minimum Gasteiger partial charge on any atom is -0.421 e. The summed E-state index contributed by atoms with van der Waals surface area (Å²) in [6.45, 7) is 0. The maximum Gasteiger partial charge on any atom is 0.409 e. The highest BCUT2D eigenvalue weighted by atomic mass is 31.2. The Balaban J connectivity index is 1.49. The molecule has 0 bridgehead atoms. The van der Waals surface area contributed by atoms with Gasteiger partial charge in [0.15, 0.2) is 0 Å². The number of hydrogen-bond acceptors (Lipinski definition) is 2. The summed E-state index contributed by atoms with van der Waals surface area (Å²) in [5, 5.41) is 0.608. The van der Waals surface area contributed by atoms with Gasteiger partial charge in [0.25, 0.3) is 0 Å². The molecule has 3 nitrogen and oxygen atoms in total. The zero-order valence-electron chi connectivity index (χ0n) is 20.4. The lowest BCUT2D eigenvalue weighted by Crippen LogP contribution is -2.25. The van der Waals surface area contributed by atoms with E-state index in [1.165, 1.54) is 94.6 Å². The average Bonchev–Trinajstić information content (AvgIpc) is 2.89. The summed E-state index contributed by atoms with van der Waals surface area (Å²) < 4.78 is 19.8. The van der Waals surface area contributed by atoms with Gasteiger partial charge in [0.2, 0.25) is 0 Å². The molecule has 2 aromatic rings. The smallest absolute Gasteiger partial charge is 0.409 e. The van der Waals surface area contributed by atoms with Crippen LogP contribution < -0.4 is 9.83 Å². The zero-order valence-corrected chi connectivity index (χ0v) is 21.3. The lowest BCUT2D eigenvalue weighted by atomic mass is 9.78. The van der Waals surface area contributed by atoms with Crippen LogP contribution in [0.3, 0.4) is 0 Å². The van der Waals surface area contributed by atoms with Crippen LogP contribution in [0.1, 0.15) is 131 Å². The highest BCUT2D eigenvalue weighted by molar-refractivity contribution is 7.62. The Bertz CT molecular complexity index is 1090. The van der Waals surface area contributed by atoms with Crippen molar-refractivity contribution in [2.24, 2.45) is 0 Å². The van der Waals surface area contributed by atoms with Crippen molar-refractivity contribution in [2.75, 3.05) is 0 Å². The molecule has 0 radical (unpaired) electrons. The Labute approximate surface area is 204 Å². The molecule has 1 unspecified atom stereocenters. The van der Waals surface area contributed by atoms with Crippen molar-refractivity contribution in [1.29, 1.82) is 0 Å². The Hall–Kier alpha value is -1.57. The fourth-order valence-electron chi connectivity index (χ4n) is 7.30. The molecule has 4 heteroatoms. The monoisotopic (exact) mass is 478 g/mol. The van der Waals surface area contributed by atoms with Crippen LogP contribution in [-0.2, 0) is 4.57 Å². The van der Waals surface area contributed by atoms with Crippen molar-refractivity contribution in [3.05, 3.63) is 47.0 Å². The van der Waals surface area contributed by atoms with Crippen LogP contribution in [0, 0.1) is 0 Å². The summed E-state index contributed by atoms with van der Waals surface area (Å²) in [5.41, 5.74) is 5.78. The third kappa shape index (κ3) is 4.28. The molecule has 6 rings (SSSR count). The molecular weight excluding hydrogens is 439 g/mol. The van der Waals surface area contributed by atoms with E-state index in [-0.39, 0.29) is 0 Å². The van der Waals surface area contributed by atoms with Gasteiger partial charge in [-0.15, -0.1) is 0 Å². The fourth-order valence-corrected chi connectivity index (χ4v) is 8.87. The highest BCUT2D eigenvalue weighted by Crippen LogP contribution is 2.55. The molecule has 0 aromatic heterocycles. The second kappa shape index (κ2) is 9.47. The standard InChI is InChI=1S/C30H39O3P/c31-34(32)30-27(23-14-8-3-9-15-23)18-25(22-12-6-2-7-13-22)19-28(30)26-17-16-24(20-29(26)33-34)21-10-4-1-5-11-21/h16-23H,1-15H2,(H,31,32). The molecule has 3 aliphatic carbocycles. The lowest BCUT2D eigenvalue weighted by Gasteiger charge is -2.33. The first-order chi connectivity index (χ1) is 16.6. The molecule has 3 fully saturated rings. The van der Waals surface area contributed by atoms with E-state index in [9.17, 15) is 9.46 Å². The molecule has 182 valence electrons. The summed E-state index contributed by atoms with van der Waals surface area (Å²) >= 11 is 0. The molecule has 0 amide bonds. The van der Waals surface area contributed by atoms with E-state index in [0.29, 0.717) is 28.8 Å². The number of hydrogen-bond donors (Lipinski definition) is 1. The number of fused-ring (bicyclic) bond motifs is 3. The number of benzene rings is 2. The van der Waals surface area contributed by atoms with Crippen LogP contribution in [-0.4, -0.2) is 4.89 Å². The summed E-state index contributed by atoms with van der Waals surface area (Å²) in [7, 11) is -3.93. The van der Waals surface area contributed by atoms with E-state index < -0.39 is 7.60 Å². The predicted molar refractivity (Wildman–Crippen MR) is 139 cm³/mol. The third-order valence-corrected chi connectivity index (χ3v) is 10.7. The van der Waals surface area contributed by atoms with Gasteiger partial charge in [-0.05, 0) is 85.1 Å². The molecule has 2 aromatic carbocycles. The van der Waals surface area contributed by atoms with Gasteiger partial charge in [0, 0.05) is 11.1 Å². The first kappa shape index (κ1) is 22.9. The average molecular weight is 479 g/mol. The number of rotatable bonds is 3. The van der Waals surface area contributed by atoms with Gasteiger partial charge in [-0.1, -0.05) is 76.0 Å². The second-order valence-electron chi connectivity index (χ2n) is 11.4. The Morgan fingerprint density at radius 1 is 0.647 bits per heavy atom. The molecular formula is C30H39O3P. The van der Waals surface area contributed by atoms with Gasteiger partial charge < -0.3 is 9.42 Å². The van der Waals surface area contributed by atoms with Crippen molar-refractivity contribution in [3.63, 3.8) is 0 Å². The Morgan fingerprint density at radius 3 is 1.82 bits per heavy atom. The first-order valence-corrected chi connectivity index (χ1v) is 15.5. The van der Waals surface area contributed by atoms with Gasteiger partial charge in [0.1, 0.15) is 5.75 Å². The van der Waals surface area contributed by atoms with Gasteiger partial charge in [-0.2, -0.15) is 0 Å². The maximum absolute atomic E-state index is 13.8. The minimum atomic E-state index is -3.93.